The number of benzene rings is 1. The molecule has 142 valence electrons. The number of aromatic nitrogens is 2. The molecule has 2 aromatic rings. The van der Waals surface area contributed by atoms with Crippen molar-refractivity contribution in [3.05, 3.63) is 52.8 Å². The molecule has 26 heavy (non-hydrogen) atoms. The number of aliphatic imine (C=N–C) groups is 1. The van der Waals surface area contributed by atoms with Crippen LogP contribution >= 0.6 is 0 Å². The van der Waals surface area contributed by atoms with Crippen molar-refractivity contribution < 1.29 is 0 Å². The standard InChI is InChI=1S/C20H32N6/c1-16-13-17(2)26(24-16)12-6-11-22-20(21-3)23-14-18-7-9-19(10-8-18)15-25(4)5/h7-10,13H,6,11-12,14-15H2,1-5H3,(H2,21,22,23). The van der Waals surface area contributed by atoms with E-state index in [1.54, 1.807) is 7.05 Å². The van der Waals surface area contributed by atoms with Crippen LogP contribution < -0.4 is 10.6 Å². The van der Waals surface area contributed by atoms with E-state index in [9.17, 15) is 0 Å². The first-order chi connectivity index (χ1) is 12.5. The molecule has 0 aliphatic rings. The zero-order valence-corrected chi connectivity index (χ0v) is 16.7. The molecule has 0 spiro atoms. The van der Waals surface area contributed by atoms with E-state index in [2.05, 4.69) is 81.7 Å². The second-order valence-corrected chi connectivity index (χ2v) is 6.91. The first-order valence-corrected chi connectivity index (χ1v) is 9.16. The Bertz CT molecular complexity index is 700. The summed E-state index contributed by atoms with van der Waals surface area (Å²) in [6, 6.07) is 10.8. The lowest BCUT2D eigenvalue weighted by atomic mass is 10.1. The van der Waals surface area contributed by atoms with Crippen molar-refractivity contribution in [2.24, 2.45) is 4.99 Å². The lowest BCUT2D eigenvalue weighted by Crippen LogP contribution is -2.37. The zero-order chi connectivity index (χ0) is 18.9. The number of aryl methyl sites for hydroxylation is 3. The van der Waals surface area contributed by atoms with Gasteiger partial charge in [0.15, 0.2) is 5.96 Å². The summed E-state index contributed by atoms with van der Waals surface area (Å²) in [5.41, 5.74) is 4.86. The molecule has 0 fully saturated rings. The number of hydrogen-bond donors (Lipinski definition) is 2. The first-order valence-electron chi connectivity index (χ1n) is 9.16. The monoisotopic (exact) mass is 356 g/mol. The molecule has 0 unspecified atom stereocenters. The van der Waals surface area contributed by atoms with Crippen molar-refractivity contribution in [1.82, 2.24) is 25.3 Å². The van der Waals surface area contributed by atoms with Crippen molar-refractivity contribution in [1.29, 1.82) is 0 Å². The van der Waals surface area contributed by atoms with E-state index < -0.39 is 0 Å². The van der Waals surface area contributed by atoms with E-state index in [1.165, 1.54) is 16.8 Å². The largest absolute Gasteiger partial charge is 0.356 e. The van der Waals surface area contributed by atoms with Gasteiger partial charge in [-0.25, -0.2) is 0 Å². The number of nitrogens with zero attached hydrogens (tertiary/aromatic N) is 4. The Labute approximate surface area is 157 Å². The Balaban J connectivity index is 1.71. The Kier molecular flexibility index (Phi) is 7.66. The molecule has 6 nitrogen and oxygen atoms in total. The Hall–Kier alpha value is -2.34. The fourth-order valence-corrected chi connectivity index (χ4v) is 2.87. The highest BCUT2D eigenvalue weighted by atomic mass is 15.3. The molecule has 1 aromatic heterocycles. The number of nitrogens with one attached hydrogen (secondary N) is 2. The highest BCUT2D eigenvalue weighted by molar-refractivity contribution is 5.79. The Morgan fingerprint density at radius 3 is 2.38 bits per heavy atom. The summed E-state index contributed by atoms with van der Waals surface area (Å²) in [7, 11) is 5.97. The highest BCUT2D eigenvalue weighted by Gasteiger charge is 2.02. The van der Waals surface area contributed by atoms with Crippen LogP contribution in [0.2, 0.25) is 0 Å². The van der Waals surface area contributed by atoms with Gasteiger partial charge in [0.1, 0.15) is 0 Å². The molecule has 0 aliphatic carbocycles. The van der Waals surface area contributed by atoms with Gasteiger partial charge < -0.3 is 15.5 Å². The lowest BCUT2D eigenvalue weighted by Gasteiger charge is -2.13. The van der Waals surface area contributed by atoms with Crippen LogP contribution in [0.1, 0.15) is 28.9 Å². The molecule has 1 aromatic carbocycles. The molecule has 0 radical (unpaired) electrons. The molecule has 0 saturated carbocycles. The van der Waals surface area contributed by atoms with Gasteiger partial charge in [0.05, 0.1) is 5.69 Å². The average Bonchev–Trinajstić information content (AvgIpc) is 2.92. The van der Waals surface area contributed by atoms with Crippen LogP contribution in [-0.4, -0.2) is 48.3 Å². The predicted molar refractivity (Wildman–Crippen MR) is 108 cm³/mol. The van der Waals surface area contributed by atoms with E-state index in [-0.39, 0.29) is 0 Å². The second kappa shape index (κ2) is 9.97. The molecular weight excluding hydrogens is 324 g/mol. The van der Waals surface area contributed by atoms with Crippen molar-refractivity contribution in [2.75, 3.05) is 27.7 Å². The van der Waals surface area contributed by atoms with Gasteiger partial charge in [-0.1, -0.05) is 24.3 Å². The molecule has 0 saturated heterocycles. The third-order valence-corrected chi connectivity index (χ3v) is 4.15. The average molecular weight is 357 g/mol. The summed E-state index contributed by atoms with van der Waals surface area (Å²) < 4.78 is 2.06. The fraction of sp³-hybridized carbons (Fsp3) is 0.500. The van der Waals surface area contributed by atoms with Crippen LogP contribution in [0.4, 0.5) is 0 Å². The molecule has 1 heterocycles. The molecule has 6 heteroatoms. The summed E-state index contributed by atoms with van der Waals surface area (Å²) >= 11 is 0. The topological polar surface area (TPSA) is 57.5 Å². The summed E-state index contributed by atoms with van der Waals surface area (Å²) in [6.07, 6.45) is 1.00. The molecular formula is C20H32N6. The lowest BCUT2D eigenvalue weighted by molar-refractivity contribution is 0.402. The smallest absolute Gasteiger partial charge is 0.191 e. The van der Waals surface area contributed by atoms with Gasteiger partial charge >= 0.3 is 0 Å². The first kappa shape index (κ1) is 20.0. The maximum absolute atomic E-state index is 4.49. The molecule has 0 amide bonds. The van der Waals surface area contributed by atoms with Crippen LogP contribution in [-0.2, 0) is 19.6 Å². The number of hydrogen-bond acceptors (Lipinski definition) is 3. The van der Waals surface area contributed by atoms with Gasteiger partial charge in [-0.05, 0) is 51.6 Å². The summed E-state index contributed by atoms with van der Waals surface area (Å²) in [6.45, 7) is 7.63. The van der Waals surface area contributed by atoms with Crippen LogP contribution in [0.3, 0.4) is 0 Å². The van der Waals surface area contributed by atoms with E-state index >= 15 is 0 Å². The van der Waals surface area contributed by atoms with E-state index in [4.69, 9.17) is 0 Å². The van der Waals surface area contributed by atoms with Crippen LogP contribution in [0.25, 0.3) is 0 Å². The van der Waals surface area contributed by atoms with Crippen LogP contribution in [0.5, 0.6) is 0 Å². The van der Waals surface area contributed by atoms with Gasteiger partial charge in [-0.15, -0.1) is 0 Å². The van der Waals surface area contributed by atoms with Crippen LogP contribution in [0, 0.1) is 13.8 Å². The zero-order valence-electron chi connectivity index (χ0n) is 16.7. The van der Waals surface area contributed by atoms with Gasteiger partial charge in [0, 0.05) is 38.9 Å². The van der Waals surface area contributed by atoms with Gasteiger partial charge in [0.2, 0.25) is 0 Å². The SMILES string of the molecule is CN=C(NCCCn1nc(C)cc1C)NCc1ccc(CN(C)C)cc1. The van der Waals surface area contributed by atoms with Crippen molar-refractivity contribution in [3.63, 3.8) is 0 Å². The summed E-state index contributed by atoms with van der Waals surface area (Å²) in [5.74, 6) is 0.829. The molecule has 0 atom stereocenters. The third-order valence-electron chi connectivity index (χ3n) is 4.15. The number of rotatable bonds is 8. The molecule has 2 N–H and O–H groups in total. The fourth-order valence-electron chi connectivity index (χ4n) is 2.87. The quantitative estimate of drug-likeness (QED) is 0.433. The van der Waals surface area contributed by atoms with Gasteiger partial charge in [0.25, 0.3) is 0 Å². The Morgan fingerprint density at radius 1 is 1.12 bits per heavy atom. The van der Waals surface area contributed by atoms with Crippen molar-refractivity contribution in [3.8, 4) is 0 Å². The minimum atomic E-state index is 0.763. The normalized spacial score (nSPS) is 11.8. The summed E-state index contributed by atoms with van der Waals surface area (Å²) in [5, 5.41) is 11.2. The molecule has 2 rings (SSSR count). The minimum absolute atomic E-state index is 0.763. The maximum Gasteiger partial charge on any atom is 0.191 e. The molecule has 0 bridgehead atoms. The number of guanidine groups is 1. The van der Waals surface area contributed by atoms with E-state index in [0.717, 1.165) is 44.3 Å². The highest BCUT2D eigenvalue weighted by Crippen LogP contribution is 2.06. The maximum atomic E-state index is 4.49. The van der Waals surface area contributed by atoms with Gasteiger partial charge in [-0.2, -0.15) is 5.10 Å². The minimum Gasteiger partial charge on any atom is -0.356 e. The predicted octanol–water partition coefficient (Wildman–Crippen LogP) is 2.32. The molecule has 0 aliphatic heterocycles. The summed E-state index contributed by atoms with van der Waals surface area (Å²) in [4.78, 5) is 6.46. The van der Waals surface area contributed by atoms with Crippen molar-refractivity contribution in [2.45, 2.75) is 39.9 Å². The van der Waals surface area contributed by atoms with E-state index in [0.29, 0.717) is 0 Å². The van der Waals surface area contributed by atoms with Crippen LogP contribution in [0.15, 0.2) is 35.3 Å². The van der Waals surface area contributed by atoms with E-state index in [1.807, 2.05) is 6.92 Å². The van der Waals surface area contributed by atoms with Gasteiger partial charge in [-0.3, -0.25) is 9.67 Å². The Morgan fingerprint density at radius 2 is 1.81 bits per heavy atom. The second-order valence-electron chi connectivity index (χ2n) is 6.91. The van der Waals surface area contributed by atoms with Crippen molar-refractivity contribution >= 4 is 5.96 Å². The third kappa shape index (κ3) is 6.52.